The van der Waals surface area contributed by atoms with Crippen LogP contribution in [0.3, 0.4) is 0 Å². The number of nitrogens with zero attached hydrogens (tertiary/aromatic N) is 2. The lowest BCUT2D eigenvalue weighted by Crippen LogP contribution is -2.13. The first-order chi connectivity index (χ1) is 11.6. The van der Waals surface area contributed by atoms with Crippen molar-refractivity contribution >= 4 is 23.2 Å². The second-order valence-corrected chi connectivity index (χ2v) is 5.30. The number of hydrogen-bond donors (Lipinski definition) is 1. The summed E-state index contributed by atoms with van der Waals surface area (Å²) in [5.41, 5.74) is 0.801. The van der Waals surface area contributed by atoms with E-state index >= 15 is 0 Å². The van der Waals surface area contributed by atoms with E-state index in [4.69, 9.17) is 16.3 Å². The number of amides is 1. The monoisotopic (exact) mass is 345 g/mol. The van der Waals surface area contributed by atoms with Crippen LogP contribution in [0, 0.1) is 5.82 Å². The summed E-state index contributed by atoms with van der Waals surface area (Å²) in [4.78, 5) is 12.3. The van der Waals surface area contributed by atoms with Gasteiger partial charge in [0.1, 0.15) is 17.3 Å². The molecule has 0 saturated heterocycles. The normalized spacial score (nSPS) is 10.5. The minimum atomic E-state index is -0.458. The second-order valence-electron chi connectivity index (χ2n) is 4.90. The van der Waals surface area contributed by atoms with E-state index in [2.05, 4.69) is 10.4 Å². The Labute approximate surface area is 142 Å². The molecule has 0 fully saturated rings. The Bertz CT molecular complexity index is 895. The van der Waals surface area contributed by atoms with E-state index in [0.29, 0.717) is 16.5 Å². The molecule has 1 N–H and O–H groups in total. The van der Waals surface area contributed by atoms with Gasteiger partial charge in [0.15, 0.2) is 5.69 Å². The minimum absolute atomic E-state index is 0.136. The van der Waals surface area contributed by atoms with E-state index in [-0.39, 0.29) is 11.4 Å². The van der Waals surface area contributed by atoms with Crippen LogP contribution in [-0.4, -0.2) is 22.8 Å². The quantitative estimate of drug-likeness (QED) is 0.779. The standard InChI is InChI=1S/C17H13ClFN3O2/c1-24-11-6-7-12(18)15(10-11)20-17(23)14-8-9-22(21-14)16-5-3-2-4-13(16)19/h2-10H,1H3,(H,20,23). The van der Waals surface area contributed by atoms with E-state index in [1.54, 1.807) is 36.4 Å². The van der Waals surface area contributed by atoms with Gasteiger partial charge in [-0.15, -0.1) is 0 Å². The van der Waals surface area contributed by atoms with Crippen molar-refractivity contribution in [3.8, 4) is 11.4 Å². The lowest BCUT2D eigenvalue weighted by Gasteiger charge is -2.08. The number of rotatable bonds is 4. The number of anilines is 1. The average molecular weight is 346 g/mol. The molecule has 0 saturated carbocycles. The van der Waals surface area contributed by atoms with Crippen LogP contribution in [0.15, 0.2) is 54.7 Å². The number of carbonyl (C=O) groups excluding carboxylic acids is 1. The third-order valence-corrected chi connectivity index (χ3v) is 3.67. The Morgan fingerprint density at radius 2 is 2.04 bits per heavy atom. The number of benzene rings is 2. The van der Waals surface area contributed by atoms with Gasteiger partial charge in [-0.2, -0.15) is 5.10 Å². The van der Waals surface area contributed by atoms with Gasteiger partial charge in [0.05, 0.1) is 17.8 Å². The number of carbonyl (C=O) groups is 1. The van der Waals surface area contributed by atoms with Crippen molar-refractivity contribution in [1.82, 2.24) is 9.78 Å². The Kier molecular flexibility index (Phi) is 4.48. The number of para-hydroxylation sites is 1. The fourth-order valence-electron chi connectivity index (χ4n) is 2.13. The van der Waals surface area contributed by atoms with Crippen LogP contribution in [0.5, 0.6) is 5.75 Å². The Morgan fingerprint density at radius 1 is 1.25 bits per heavy atom. The molecule has 0 bridgehead atoms. The van der Waals surface area contributed by atoms with Gasteiger partial charge >= 0.3 is 0 Å². The van der Waals surface area contributed by atoms with Gasteiger partial charge < -0.3 is 10.1 Å². The SMILES string of the molecule is COc1ccc(Cl)c(NC(=O)c2ccn(-c3ccccc3F)n2)c1. The highest BCUT2D eigenvalue weighted by Crippen LogP contribution is 2.27. The molecule has 1 amide bonds. The number of halogens is 2. The summed E-state index contributed by atoms with van der Waals surface area (Å²) in [5.74, 6) is -0.324. The van der Waals surface area contributed by atoms with Crippen LogP contribution in [0.1, 0.15) is 10.5 Å². The van der Waals surface area contributed by atoms with Crippen molar-refractivity contribution < 1.29 is 13.9 Å². The summed E-state index contributed by atoms with van der Waals surface area (Å²) < 4.78 is 20.2. The van der Waals surface area contributed by atoms with Crippen LogP contribution in [0.25, 0.3) is 5.69 Å². The maximum atomic E-state index is 13.8. The largest absolute Gasteiger partial charge is 0.497 e. The first-order valence-electron chi connectivity index (χ1n) is 7.04. The molecule has 122 valence electrons. The number of methoxy groups -OCH3 is 1. The molecule has 0 aliphatic heterocycles. The van der Waals surface area contributed by atoms with Gasteiger partial charge in [-0.05, 0) is 30.3 Å². The Morgan fingerprint density at radius 3 is 2.79 bits per heavy atom. The summed E-state index contributed by atoms with van der Waals surface area (Å²) in [6.07, 6.45) is 1.51. The molecule has 24 heavy (non-hydrogen) atoms. The molecule has 0 unspecified atom stereocenters. The van der Waals surface area contributed by atoms with Crippen molar-refractivity contribution in [3.05, 3.63) is 71.3 Å². The van der Waals surface area contributed by atoms with Gasteiger partial charge in [-0.3, -0.25) is 4.79 Å². The van der Waals surface area contributed by atoms with E-state index in [1.165, 1.54) is 30.1 Å². The van der Waals surface area contributed by atoms with Gasteiger partial charge in [0.25, 0.3) is 5.91 Å². The third kappa shape index (κ3) is 3.23. The molecule has 0 radical (unpaired) electrons. The Balaban J connectivity index is 1.83. The van der Waals surface area contributed by atoms with Crippen molar-refractivity contribution in [2.75, 3.05) is 12.4 Å². The smallest absolute Gasteiger partial charge is 0.276 e. The maximum Gasteiger partial charge on any atom is 0.276 e. The molecule has 0 aliphatic rings. The zero-order valence-electron chi connectivity index (χ0n) is 12.7. The molecular formula is C17H13ClFN3O2. The zero-order valence-corrected chi connectivity index (χ0v) is 13.4. The maximum absolute atomic E-state index is 13.8. The second kappa shape index (κ2) is 6.72. The lowest BCUT2D eigenvalue weighted by atomic mass is 10.3. The highest BCUT2D eigenvalue weighted by Gasteiger charge is 2.14. The first kappa shape index (κ1) is 16.0. The van der Waals surface area contributed by atoms with Crippen LogP contribution in [0.4, 0.5) is 10.1 Å². The van der Waals surface area contributed by atoms with Gasteiger partial charge in [-0.25, -0.2) is 9.07 Å². The molecule has 0 spiro atoms. The predicted octanol–water partition coefficient (Wildman–Crippen LogP) is 3.93. The summed E-state index contributed by atoms with van der Waals surface area (Å²) >= 11 is 6.06. The fraction of sp³-hybridized carbons (Fsp3) is 0.0588. The molecule has 0 aliphatic carbocycles. The summed E-state index contributed by atoms with van der Waals surface area (Å²) in [7, 11) is 1.52. The molecule has 2 aromatic carbocycles. The van der Waals surface area contributed by atoms with Crippen molar-refractivity contribution in [1.29, 1.82) is 0 Å². The van der Waals surface area contributed by atoms with Gasteiger partial charge in [-0.1, -0.05) is 23.7 Å². The van der Waals surface area contributed by atoms with Crippen molar-refractivity contribution in [2.24, 2.45) is 0 Å². The molecule has 5 nitrogen and oxygen atoms in total. The molecule has 3 rings (SSSR count). The third-order valence-electron chi connectivity index (χ3n) is 3.34. The molecular weight excluding hydrogens is 333 g/mol. The predicted molar refractivity (Wildman–Crippen MR) is 89.5 cm³/mol. The summed E-state index contributed by atoms with van der Waals surface area (Å²) in [6, 6.07) is 12.6. The lowest BCUT2D eigenvalue weighted by molar-refractivity contribution is 0.102. The first-order valence-corrected chi connectivity index (χ1v) is 7.42. The zero-order chi connectivity index (χ0) is 17.1. The van der Waals surface area contributed by atoms with E-state index in [0.717, 1.165) is 0 Å². The number of aromatic nitrogens is 2. The molecule has 7 heteroatoms. The van der Waals surface area contributed by atoms with Crippen LogP contribution in [-0.2, 0) is 0 Å². The molecule has 1 heterocycles. The number of hydrogen-bond acceptors (Lipinski definition) is 3. The average Bonchev–Trinajstić information content (AvgIpc) is 3.07. The highest BCUT2D eigenvalue weighted by atomic mass is 35.5. The fourth-order valence-corrected chi connectivity index (χ4v) is 2.30. The van der Waals surface area contributed by atoms with Crippen LogP contribution < -0.4 is 10.1 Å². The van der Waals surface area contributed by atoms with Gasteiger partial charge in [0, 0.05) is 12.3 Å². The van der Waals surface area contributed by atoms with E-state index < -0.39 is 11.7 Å². The van der Waals surface area contributed by atoms with Crippen LogP contribution >= 0.6 is 11.6 Å². The summed E-state index contributed by atoms with van der Waals surface area (Å²) in [5, 5.41) is 7.13. The van der Waals surface area contributed by atoms with E-state index in [1.807, 2.05) is 0 Å². The highest BCUT2D eigenvalue weighted by molar-refractivity contribution is 6.34. The summed E-state index contributed by atoms with van der Waals surface area (Å²) in [6.45, 7) is 0. The Hall–Kier alpha value is -2.86. The topological polar surface area (TPSA) is 56.1 Å². The minimum Gasteiger partial charge on any atom is -0.497 e. The van der Waals surface area contributed by atoms with E-state index in [9.17, 15) is 9.18 Å². The molecule has 0 atom stereocenters. The van der Waals surface area contributed by atoms with Crippen molar-refractivity contribution in [3.63, 3.8) is 0 Å². The number of ether oxygens (including phenoxy) is 1. The van der Waals surface area contributed by atoms with Crippen molar-refractivity contribution in [2.45, 2.75) is 0 Å². The number of nitrogens with one attached hydrogen (secondary N) is 1. The molecule has 3 aromatic rings. The molecule has 1 aromatic heterocycles. The van der Waals surface area contributed by atoms with Gasteiger partial charge in [0.2, 0.25) is 0 Å². The van der Waals surface area contributed by atoms with Crippen LogP contribution in [0.2, 0.25) is 5.02 Å².